The van der Waals surface area contributed by atoms with Crippen molar-refractivity contribution in [3.63, 3.8) is 0 Å². The largest absolute Gasteiger partial charge is 0.495 e. The first-order chi connectivity index (χ1) is 7.08. The highest BCUT2D eigenvalue weighted by Gasteiger charge is 2.28. The standard InChI is InChI=1S/C8H15IN4O2/c1-4-2-5(3-14)15-8(4)12-6(10)7(11)13-9/h4-5,8,14H,2-3,10-11H2,1H3/q-2/b7-6-. The Morgan fingerprint density at radius 3 is 2.67 bits per heavy atom. The van der Waals surface area contributed by atoms with Crippen LogP contribution in [0.3, 0.4) is 0 Å². The lowest BCUT2D eigenvalue weighted by molar-refractivity contribution is 0.0232. The zero-order valence-corrected chi connectivity index (χ0v) is 10.6. The Balaban J connectivity index is 2.53. The predicted octanol–water partition coefficient (Wildman–Crippen LogP) is 0.871. The summed E-state index contributed by atoms with van der Waals surface area (Å²) in [6.07, 6.45) is 0.289. The highest BCUT2D eigenvalue weighted by Crippen LogP contribution is 2.31. The summed E-state index contributed by atoms with van der Waals surface area (Å²) in [7, 11) is 0. The molecule has 1 saturated heterocycles. The second-order valence-electron chi connectivity index (χ2n) is 3.53. The first kappa shape index (κ1) is 12.7. The van der Waals surface area contributed by atoms with Gasteiger partial charge in [-0.1, -0.05) is 41.4 Å². The highest BCUT2D eigenvalue weighted by molar-refractivity contribution is 14.1. The van der Waals surface area contributed by atoms with Crippen LogP contribution in [0.1, 0.15) is 13.3 Å². The maximum absolute atomic E-state index is 8.94. The van der Waals surface area contributed by atoms with Gasteiger partial charge in [-0.2, -0.15) is 0 Å². The van der Waals surface area contributed by atoms with Gasteiger partial charge in [0.25, 0.3) is 0 Å². The van der Waals surface area contributed by atoms with E-state index < -0.39 is 0 Å². The minimum absolute atomic E-state index is 0.00607. The quantitative estimate of drug-likeness (QED) is 0.666. The minimum atomic E-state index is -0.334. The van der Waals surface area contributed by atoms with E-state index in [4.69, 9.17) is 21.3 Å². The predicted molar refractivity (Wildman–Crippen MR) is 65.7 cm³/mol. The van der Waals surface area contributed by atoms with Crippen molar-refractivity contribution in [3.05, 3.63) is 20.5 Å². The monoisotopic (exact) mass is 326 g/mol. The van der Waals surface area contributed by atoms with E-state index in [1.54, 1.807) is 22.9 Å². The lowest BCUT2D eigenvalue weighted by Crippen LogP contribution is -2.19. The smallest absolute Gasteiger partial charge is 0.0811 e. The van der Waals surface area contributed by atoms with Crippen LogP contribution < -0.4 is 11.5 Å². The number of aliphatic hydroxyl groups excluding tert-OH is 1. The molecular weight excluding hydrogens is 311 g/mol. The van der Waals surface area contributed by atoms with E-state index in [1.807, 2.05) is 6.92 Å². The van der Waals surface area contributed by atoms with Crippen molar-refractivity contribution < 1.29 is 9.84 Å². The molecule has 3 atom stereocenters. The molecule has 6 nitrogen and oxygen atoms in total. The van der Waals surface area contributed by atoms with Gasteiger partial charge in [0.15, 0.2) is 0 Å². The van der Waals surface area contributed by atoms with Gasteiger partial charge in [0.2, 0.25) is 0 Å². The van der Waals surface area contributed by atoms with Crippen LogP contribution in [0.4, 0.5) is 0 Å². The number of ether oxygens (including phenoxy) is 1. The summed E-state index contributed by atoms with van der Waals surface area (Å²) in [6, 6.07) is 0. The van der Waals surface area contributed by atoms with Crippen molar-refractivity contribution in [2.24, 2.45) is 17.4 Å². The lowest BCUT2D eigenvalue weighted by atomic mass is 10.1. The normalized spacial score (nSPS) is 32.3. The van der Waals surface area contributed by atoms with E-state index in [9.17, 15) is 0 Å². The molecule has 0 saturated carbocycles. The number of nitrogens with zero attached hydrogens (tertiary/aromatic N) is 2. The fraction of sp³-hybridized carbons (Fsp3) is 0.750. The average molecular weight is 326 g/mol. The van der Waals surface area contributed by atoms with Gasteiger partial charge in [-0.15, -0.1) is 0 Å². The van der Waals surface area contributed by atoms with Gasteiger partial charge >= 0.3 is 0 Å². The molecule has 7 heteroatoms. The first-order valence-electron chi connectivity index (χ1n) is 4.62. The Hall–Kier alpha value is -0.410. The van der Waals surface area contributed by atoms with Crippen molar-refractivity contribution in [1.29, 1.82) is 0 Å². The van der Waals surface area contributed by atoms with Crippen LogP contribution in [0.15, 0.2) is 11.6 Å². The lowest BCUT2D eigenvalue weighted by Gasteiger charge is -2.28. The Kier molecular flexibility index (Phi) is 4.74. The van der Waals surface area contributed by atoms with Gasteiger partial charge in [0.05, 0.1) is 18.9 Å². The molecule has 0 aliphatic carbocycles. The molecule has 0 spiro atoms. The molecule has 0 aromatic rings. The van der Waals surface area contributed by atoms with Gasteiger partial charge < -0.3 is 30.2 Å². The molecule has 3 unspecified atom stereocenters. The Bertz CT molecular complexity index is 249. The van der Waals surface area contributed by atoms with Gasteiger partial charge in [-0.25, -0.2) is 0 Å². The van der Waals surface area contributed by atoms with Gasteiger partial charge in [-0.3, -0.25) is 0 Å². The number of hydrogen-bond acceptors (Lipinski definition) is 4. The summed E-state index contributed by atoms with van der Waals surface area (Å²) >= 11 is 1.75. The van der Waals surface area contributed by atoms with Crippen LogP contribution >= 0.6 is 22.9 Å². The molecule has 0 amide bonds. The fourth-order valence-corrected chi connectivity index (χ4v) is 1.69. The minimum Gasteiger partial charge on any atom is -0.495 e. The highest BCUT2D eigenvalue weighted by atomic mass is 127. The maximum atomic E-state index is 8.94. The van der Waals surface area contributed by atoms with E-state index in [0.717, 1.165) is 6.42 Å². The third-order valence-electron chi connectivity index (χ3n) is 2.28. The van der Waals surface area contributed by atoms with Crippen molar-refractivity contribution >= 4 is 22.9 Å². The third-order valence-corrected chi connectivity index (χ3v) is 2.80. The van der Waals surface area contributed by atoms with Crippen molar-refractivity contribution in [2.75, 3.05) is 6.61 Å². The SMILES string of the molecule is CC1CC(CO)OC1[N-]/C(N)=C(/N)[N-]I. The Labute approximate surface area is 103 Å². The van der Waals surface area contributed by atoms with Crippen molar-refractivity contribution in [1.82, 2.24) is 0 Å². The van der Waals surface area contributed by atoms with Gasteiger partial charge in [0.1, 0.15) is 0 Å². The van der Waals surface area contributed by atoms with E-state index in [-0.39, 0.29) is 36.5 Å². The summed E-state index contributed by atoms with van der Waals surface area (Å²) in [6.45, 7) is 2.00. The molecule has 0 aromatic heterocycles. The van der Waals surface area contributed by atoms with Crippen molar-refractivity contribution in [3.8, 4) is 0 Å². The molecule has 1 heterocycles. The zero-order chi connectivity index (χ0) is 11.4. The number of aliphatic hydroxyl groups is 1. The second kappa shape index (κ2) is 5.61. The van der Waals surface area contributed by atoms with E-state index in [0.29, 0.717) is 0 Å². The molecule has 1 aliphatic heterocycles. The molecule has 0 radical (unpaired) electrons. The molecule has 5 N–H and O–H groups in total. The van der Waals surface area contributed by atoms with Gasteiger partial charge in [0, 0.05) is 0 Å². The topological polar surface area (TPSA) is 110 Å². The first-order valence-corrected chi connectivity index (χ1v) is 5.59. The fourth-order valence-electron chi connectivity index (χ4n) is 1.44. The van der Waals surface area contributed by atoms with E-state index in [1.165, 1.54) is 0 Å². The zero-order valence-electron chi connectivity index (χ0n) is 8.43. The summed E-state index contributed by atoms with van der Waals surface area (Å²) < 4.78 is 9.16. The molecule has 0 aromatic carbocycles. The van der Waals surface area contributed by atoms with E-state index >= 15 is 0 Å². The number of halogens is 1. The van der Waals surface area contributed by atoms with Crippen LogP contribution in [0, 0.1) is 5.92 Å². The number of nitrogens with two attached hydrogens (primary N) is 2. The molecule has 1 rings (SSSR count). The molecule has 15 heavy (non-hydrogen) atoms. The second-order valence-corrected chi connectivity index (χ2v) is 4.01. The Morgan fingerprint density at radius 2 is 2.20 bits per heavy atom. The number of rotatable bonds is 4. The van der Waals surface area contributed by atoms with Crippen LogP contribution in [-0.4, -0.2) is 24.0 Å². The average Bonchev–Trinajstić information content (AvgIpc) is 2.58. The molecular formula is C8H15IN4O2-2. The molecule has 88 valence electrons. The Morgan fingerprint density at radius 1 is 1.53 bits per heavy atom. The molecule has 0 bridgehead atoms. The number of hydrogen-bond donors (Lipinski definition) is 3. The van der Waals surface area contributed by atoms with E-state index in [2.05, 4.69) is 8.85 Å². The summed E-state index contributed by atoms with van der Waals surface area (Å²) in [4.78, 5) is 0. The summed E-state index contributed by atoms with van der Waals surface area (Å²) in [5, 5.41) is 13.1. The molecule has 1 fully saturated rings. The van der Waals surface area contributed by atoms with Crippen LogP contribution in [0.5, 0.6) is 0 Å². The molecule has 1 aliphatic rings. The van der Waals surface area contributed by atoms with Crippen LogP contribution in [-0.2, 0) is 4.74 Å². The van der Waals surface area contributed by atoms with Crippen LogP contribution in [0.2, 0.25) is 0 Å². The third kappa shape index (κ3) is 3.28. The summed E-state index contributed by atoms with van der Waals surface area (Å²) in [5.74, 6) is 0.599. The van der Waals surface area contributed by atoms with Crippen molar-refractivity contribution in [2.45, 2.75) is 25.7 Å². The van der Waals surface area contributed by atoms with Crippen LogP contribution in [0.25, 0.3) is 8.85 Å². The maximum Gasteiger partial charge on any atom is 0.0811 e. The summed E-state index contributed by atoms with van der Waals surface area (Å²) in [5.41, 5.74) is 11.1. The van der Waals surface area contributed by atoms with Gasteiger partial charge in [-0.05, 0) is 12.3 Å².